The lowest BCUT2D eigenvalue weighted by atomic mass is 9.93. The first-order valence-corrected chi connectivity index (χ1v) is 4.14. The molecule has 0 aliphatic heterocycles. The number of carbonyl (C=O) groups excluding carboxylic acids is 2. The first-order chi connectivity index (χ1) is 5.75. The maximum atomic E-state index is 11.1. The molecule has 0 aromatic carbocycles. The predicted molar refractivity (Wildman–Crippen MR) is 43.6 cm³/mol. The number of rotatable bonds is 2. The van der Waals surface area contributed by atoms with Crippen LogP contribution in [0.3, 0.4) is 0 Å². The number of ketones is 2. The largest absolute Gasteiger partial charge is 0.501 e. The molecule has 0 bridgehead atoms. The fourth-order valence-electron chi connectivity index (χ4n) is 1.13. The minimum atomic E-state index is -0.0836. The molecule has 0 N–H and O–H groups in total. The molecule has 1 rings (SSSR count). The summed E-state index contributed by atoms with van der Waals surface area (Å²) in [6.45, 7) is 2.30. The van der Waals surface area contributed by atoms with Gasteiger partial charge in [-0.15, -0.1) is 0 Å². The number of ether oxygens (including phenoxy) is 1. The first kappa shape index (κ1) is 8.97. The molecular weight excluding hydrogens is 156 g/mol. The lowest BCUT2D eigenvalue weighted by molar-refractivity contribution is -0.124. The smallest absolute Gasteiger partial charge is 0.169 e. The van der Waals surface area contributed by atoms with Crippen LogP contribution in [0, 0.1) is 0 Å². The fourth-order valence-corrected chi connectivity index (χ4v) is 1.13. The molecule has 0 aromatic heterocycles. The van der Waals surface area contributed by atoms with Crippen molar-refractivity contribution in [2.75, 3.05) is 6.61 Å². The Hall–Kier alpha value is -1.12. The molecule has 0 spiro atoms. The average molecular weight is 168 g/mol. The predicted octanol–water partition coefficient (Wildman–Crippen LogP) is 1.23. The van der Waals surface area contributed by atoms with Crippen LogP contribution < -0.4 is 0 Å². The molecule has 3 nitrogen and oxygen atoms in total. The van der Waals surface area contributed by atoms with E-state index in [1.54, 1.807) is 0 Å². The van der Waals surface area contributed by atoms with E-state index in [0.29, 0.717) is 25.9 Å². The van der Waals surface area contributed by atoms with Crippen LogP contribution in [0.2, 0.25) is 0 Å². The van der Waals surface area contributed by atoms with Gasteiger partial charge in [0.15, 0.2) is 11.6 Å². The molecule has 0 atom stereocenters. The van der Waals surface area contributed by atoms with E-state index in [1.807, 2.05) is 6.92 Å². The molecule has 3 heteroatoms. The minimum absolute atomic E-state index is 0.0836. The minimum Gasteiger partial charge on any atom is -0.501 e. The summed E-state index contributed by atoms with van der Waals surface area (Å²) in [6, 6.07) is 0. The van der Waals surface area contributed by atoms with Crippen LogP contribution in [0.5, 0.6) is 0 Å². The van der Waals surface area contributed by atoms with Crippen LogP contribution in [0.1, 0.15) is 26.2 Å². The van der Waals surface area contributed by atoms with E-state index >= 15 is 0 Å². The summed E-state index contributed by atoms with van der Waals surface area (Å²) in [4.78, 5) is 22.3. The second-order valence-electron chi connectivity index (χ2n) is 2.69. The highest BCUT2D eigenvalue weighted by Crippen LogP contribution is 2.16. The highest BCUT2D eigenvalue weighted by atomic mass is 16.5. The fraction of sp³-hybridized carbons (Fsp3) is 0.556. The molecule has 0 aromatic rings. The molecule has 66 valence electrons. The number of hydrogen-bond acceptors (Lipinski definition) is 3. The van der Waals surface area contributed by atoms with Crippen molar-refractivity contribution in [3.8, 4) is 0 Å². The Labute approximate surface area is 71.4 Å². The molecule has 0 unspecified atom stereocenters. The third-order valence-electron chi connectivity index (χ3n) is 1.78. The van der Waals surface area contributed by atoms with E-state index < -0.39 is 0 Å². The second kappa shape index (κ2) is 4.04. The van der Waals surface area contributed by atoms with Crippen molar-refractivity contribution in [1.29, 1.82) is 0 Å². The van der Waals surface area contributed by atoms with Gasteiger partial charge in [0.05, 0.1) is 18.4 Å². The summed E-state index contributed by atoms with van der Waals surface area (Å²) in [5, 5.41) is 0. The van der Waals surface area contributed by atoms with Crippen molar-refractivity contribution in [2.24, 2.45) is 0 Å². The summed E-state index contributed by atoms with van der Waals surface area (Å²) in [5.41, 5.74) is 0.239. The molecule has 1 saturated carbocycles. The van der Waals surface area contributed by atoms with Gasteiger partial charge in [-0.25, -0.2) is 0 Å². The van der Waals surface area contributed by atoms with Crippen molar-refractivity contribution < 1.29 is 14.3 Å². The molecule has 0 radical (unpaired) electrons. The third kappa shape index (κ3) is 1.94. The Morgan fingerprint density at radius 3 is 2.42 bits per heavy atom. The van der Waals surface area contributed by atoms with Crippen molar-refractivity contribution in [1.82, 2.24) is 0 Å². The Morgan fingerprint density at radius 2 is 1.92 bits per heavy atom. The van der Waals surface area contributed by atoms with E-state index in [4.69, 9.17) is 4.74 Å². The molecule has 1 aliphatic rings. The molecule has 0 amide bonds. The van der Waals surface area contributed by atoms with Gasteiger partial charge in [-0.05, 0) is 13.3 Å². The quantitative estimate of drug-likeness (QED) is 0.354. The van der Waals surface area contributed by atoms with Gasteiger partial charge < -0.3 is 4.74 Å². The van der Waals surface area contributed by atoms with E-state index in [1.165, 1.54) is 6.26 Å². The molecule has 1 aliphatic carbocycles. The average Bonchev–Trinajstić information content (AvgIpc) is 2.04. The molecule has 0 heterocycles. The van der Waals surface area contributed by atoms with Crippen LogP contribution in [0.25, 0.3) is 0 Å². The number of carbonyl (C=O) groups is 2. The maximum absolute atomic E-state index is 11.1. The number of hydrogen-bond donors (Lipinski definition) is 0. The van der Waals surface area contributed by atoms with Gasteiger partial charge >= 0.3 is 0 Å². The van der Waals surface area contributed by atoms with Crippen molar-refractivity contribution in [3.05, 3.63) is 11.8 Å². The highest BCUT2D eigenvalue weighted by Gasteiger charge is 2.23. The van der Waals surface area contributed by atoms with E-state index in [9.17, 15) is 9.59 Å². The third-order valence-corrected chi connectivity index (χ3v) is 1.78. The SMILES string of the molecule is CCOC=C1C(=O)CCCC1=O. The van der Waals surface area contributed by atoms with Crippen molar-refractivity contribution in [2.45, 2.75) is 26.2 Å². The summed E-state index contributed by atoms with van der Waals surface area (Å²) >= 11 is 0. The van der Waals surface area contributed by atoms with Gasteiger partial charge in [-0.2, -0.15) is 0 Å². The van der Waals surface area contributed by atoms with Gasteiger partial charge in [0.1, 0.15) is 0 Å². The molecule has 1 fully saturated rings. The van der Waals surface area contributed by atoms with Crippen LogP contribution in [-0.4, -0.2) is 18.2 Å². The van der Waals surface area contributed by atoms with E-state index in [0.717, 1.165) is 0 Å². The summed E-state index contributed by atoms with van der Waals surface area (Å²) in [7, 11) is 0. The zero-order valence-corrected chi connectivity index (χ0v) is 7.13. The molecular formula is C9H12O3. The Bertz CT molecular complexity index is 210. The maximum Gasteiger partial charge on any atom is 0.169 e. The number of Topliss-reactive ketones (excluding diaryl/α,β-unsaturated/α-hetero) is 2. The summed E-state index contributed by atoms with van der Waals surface area (Å²) in [5.74, 6) is -0.167. The van der Waals surface area contributed by atoms with Crippen LogP contribution in [0.4, 0.5) is 0 Å². The summed E-state index contributed by atoms with van der Waals surface area (Å²) in [6.07, 6.45) is 2.93. The van der Waals surface area contributed by atoms with Crippen LogP contribution in [-0.2, 0) is 14.3 Å². The van der Waals surface area contributed by atoms with Crippen LogP contribution in [0.15, 0.2) is 11.8 Å². The summed E-state index contributed by atoms with van der Waals surface area (Å²) < 4.78 is 4.91. The lowest BCUT2D eigenvalue weighted by Crippen LogP contribution is -2.18. The standard InChI is InChI=1S/C9H12O3/c1-2-12-6-7-8(10)4-3-5-9(7)11/h6H,2-5H2,1H3. The van der Waals surface area contributed by atoms with Gasteiger partial charge in [-0.3, -0.25) is 9.59 Å². The Kier molecular flexibility index (Phi) is 3.02. The monoisotopic (exact) mass is 168 g/mol. The first-order valence-electron chi connectivity index (χ1n) is 4.14. The van der Waals surface area contributed by atoms with Crippen LogP contribution >= 0.6 is 0 Å². The van der Waals surface area contributed by atoms with E-state index in [2.05, 4.69) is 0 Å². The molecule has 0 saturated heterocycles. The lowest BCUT2D eigenvalue weighted by Gasteiger charge is -2.10. The highest BCUT2D eigenvalue weighted by molar-refractivity contribution is 6.21. The number of allylic oxidation sites excluding steroid dienone is 1. The normalized spacial score (nSPS) is 17.9. The second-order valence-corrected chi connectivity index (χ2v) is 2.69. The Morgan fingerprint density at radius 1 is 1.33 bits per heavy atom. The van der Waals surface area contributed by atoms with Gasteiger partial charge in [-0.1, -0.05) is 0 Å². The van der Waals surface area contributed by atoms with Crippen molar-refractivity contribution >= 4 is 11.6 Å². The Balaban J connectivity index is 2.69. The van der Waals surface area contributed by atoms with Gasteiger partial charge in [0, 0.05) is 12.8 Å². The molecule has 12 heavy (non-hydrogen) atoms. The van der Waals surface area contributed by atoms with E-state index in [-0.39, 0.29) is 17.1 Å². The van der Waals surface area contributed by atoms with Crippen molar-refractivity contribution in [3.63, 3.8) is 0 Å². The zero-order valence-electron chi connectivity index (χ0n) is 7.13. The zero-order chi connectivity index (χ0) is 8.97. The topological polar surface area (TPSA) is 43.4 Å². The van der Waals surface area contributed by atoms with Gasteiger partial charge in [0.25, 0.3) is 0 Å². The van der Waals surface area contributed by atoms with Gasteiger partial charge in [0.2, 0.25) is 0 Å².